The Morgan fingerprint density at radius 1 is 0.714 bits per heavy atom. The van der Waals surface area contributed by atoms with Gasteiger partial charge in [0.05, 0.1) is 6.61 Å². The molecule has 4 atom stereocenters. The number of rotatable bonds is 17. The third-order valence-corrected chi connectivity index (χ3v) is 4.82. The van der Waals surface area contributed by atoms with Crippen LogP contribution in [-0.4, -0.2) is 63.4 Å². The third-order valence-electron chi connectivity index (χ3n) is 4.82. The molecule has 6 heteroatoms. The Bertz CT molecular complexity index is 389. The molecule has 6 nitrogen and oxygen atoms in total. The normalized spacial score (nSPS) is 25.1. The van der Waals surface area contributed by atoms with Crippen LogP contribution in [0.15, 0.2) is 0 Å². The van der Waals surface area contributed by atoms with Crippen LogP contribution in [0.2, 0.25) is 0 Å². The first-order chi connectivity index (χ1) is 13.7. The smallest absolute Gasteiger partial charge is 0.338 e. The van der Waals surface area contributed by atoms with Crippen molar-refractivity contribution in [2.45, 2.75) is 103 Å². The lowest BCUT2D eigenvalue weighted by Gasteiger charge is -2.41. The molecule has 0 aromatic carbocycles. The van der Waals surface area contributed by atoms with Gasteiger partial charge in [-0.05, 0) is 25.7 Å². The average Bonchev–Trinajstić information content (AvgIpc) is 2.69. The van der Waals surface area contributed by atoms with Crippen molar-refractivity contribution < 1.29 is 28.5 Å². The maximum absolute atomic E-state index is 12.7. The van der Waals surface area contributed by atoms with Crippen LogP contribution in [-0.2, 0) is 28.5 Å². The fraction of sp³-hybridized carbons (Fsp3) is 0.955. The zero-order valence-corrected chi connectivity index (χ0v) is 18.5. The second-order valence-electron chi connectivity index (χ2n) is 7.43. The van der Waals surface area contributed by atoms with Crippen molar-refractivity contribution >= 4 is 5.97 Å². The van der Waals surface area contributed by atoms with Crippen molar-refractivity contribution in [3.05, 3.63) is 0 Å². The van der Waals surface area contributed by atoms with E-state index in [2.05, 4.69) is 27.7 Å². The minimum atomic E-state index is -0.734. The highest BCUT2D eigenvalue weighted by Gasteiger charge is 2.48. The summed E-state index contributed by atoms with van der Waals surface area (Å²) in [7, 11) is 0. The van der Waals surface area contributed by atoms with Gasteiger partial charge in [0, 0.05) is 26.4 Å². The molecule has 1 heterocycles. The topological polar surface area (TPSA) is 63.2 Å². The summed E-state index contributed by atoms with van der Waals surface area (Å²) in [5.74, 6) is -0.364. The largest absolute Gasteiger partial charge is 0.455 e. The Balaban J connectivity index is 2.86. The van der Waals surface area contributed by atoms with Gasteiger partial charge in [-0.1, -0.05) is 53.4 Å². The molecule has 1 saturated heterocycles. The van der Waals surface area contributed by atoms with Gasteiger partial charge in [0.2, 0.25) is 0 Å². The SMILES string of the molecule is CCCCOCC1OC(=O)[C@@H](OCCCC)C(OCCCC)[C@@H]1OCCCC. The number of unbranched alkanes of at least 4 members (excludes halogenated alkanes) is 4. The third kappa shape index (κ3) is 9.21. The lowest BCUT2D eigenvalue weighted by Crippen LogP contribution is -2.60. The van der Waals surface area contributed by atoms with Crippen molar-refractivity contribution in [3.8, 4) is 0 Å². The van der Waals surface area contributed by atoms with Crippen LogP contribution >= 0.6 is 0 Å². The number of cyclic esters (lactones) is 1. The second kappa shape index (κ2) is 16.1. The van der Waals surface area contributed by atoms with E-state index in [1.54, 1.807) is 0 Å². The van der Waals surface area contributed by atoms with Gasteiger partial charge in [-0.25, -0.2) is 4.79 Å². The minimum absolute atomic E-state index is 0.331. The zero-order chi connectivity index (χ0) is 20.6. The summed E-state index contributed by atoms with van der Waals surface area (Å²) < 4.78 is 29.6. The van der Waals surface area contributed by atoms with Gasteiger partial charge < -0.3 is 23.7 Å². The minimum Gasteiger partial charge on any atom is -0.455 e. The van der Waals surface area contributed by atoms with Crippen molar-refractivity contribution in [1.29, 1.82) is 0 Å². The van der Waals surface area contributed by atoms with Crippen LogP contribution in [0.3, 0.4) is 0 Å². The van der Waals surface area contributed by atoms with E-state index in [0.717, 1.165) is 51.4 Å². The van der Waals surface area contributed by atoms with Crippen LogP contribution < -0.4 is 0 Å². The van der Waals surface area contributed by atoms with E-state index in [4.69, 9.17) is 23.7 Å². The van der Waals surface area contributed by atoms with Crippen molar-refractivity contribution in [2.75, 3.05) is 33.0 Å². The summed E-state index contributed by atoms with van der Waals surface area (Å²) >= 11 is 0. The molecule has 0 aromatic rings. The second-order valence-corrected chi connectivity index (χ2v) is 7.43. The van der Waals surface area contributed by atoms with Crippen LogP contribution in [0, 0.1) is 0 Å². The van der Waals surface area contributed by atoms with Crippen molar-refractivity contribution in [1.82, 2.24) is 0 Å². The van der Waals surface area contributed by atoms with Crippen LogP contribution in [0.4, 0.5) is 0 Å². The molecule has 1 aliphatic heterocycles. The molecule has 0 N–H and O–H groups in total. The van der Waals surface area contributed by atoms with Gasteiger partial charge in [-0.2, -0.15) is 0 Å². The van der Waals surface area contributed by atoms with Crippen LogP contribution in [0.25, 0.3) is 0 Å². The maximum atomic E-state index is 12.7. The molecular weight excluding hydrogens is 360 g/mol. The van der Waals surface area contributed by atoms with Gasteiger partial charge in [-0.15, -0.1) is 0 Å². The molecule has 0 saturated carbocycles. The maximum Gasteiger partial charge on any atom is 0.338 e. The van der Waals surface area contributed by atoms with Crippen LogP contribution in [0.5, 0.6) is 0 Å². The summed E-state index contributed by atoms with van der Waals surface area (Å²) in [5.41, 5.74) is 0. The van der Waals surface area contributed by atoms with Crippen molar-refractivity contribution in [3.63, 3.8) is 0 Å². The van der Waals surface area contributed by atoms with E-state index in [-0.39, 0.29) is 12.1 Å². The zero-order valence-electron chi connectivity index (χ0n) is 18.5. The van der Waals surface area contributed by atoms with Crippen molar-refractivity contribution in [2.24, 2.45) is 0 Å². The molecule has 2 unspecified atom stereocenters. The summed E-state index contributed by atoms with van der Waals surface area (Å²) in [5, 5.41) is 0. The molecule has 0 spiro atoms. The Morgan fingerprint density at radius 2 is 1.21 bits per heavy atom. The molecule has 0 aliphatic carbocycles. The molecule has 166 valence electrons. The lowest BCUT2D eigenvalue weighted by atomic mass is 9.98. The standard InChI is InChI=1S/C22H42O6/c1-5-9-13-24-17-18-19(25-14-10-6-2)20(26-15-11-7-3)21(22(23)28-18)27-16-12-8-4/h18-21H,5-17H2,1-4H3/t18?,19-,20?,21+/m1/s1. The number of carbonyl (C=O) groups is 1. The summed E-state index contributed by atoms with van der Waals surface area (Å²) in [6.45, 7) is 11.2. The molecule has 1 rings (SSSR count). The highest BCUT2D eigenvalue weighted by Crippen LogP contribution is 2.26. The summed E-state index contributed by atoms with van der Waals surface area (Å²) in [6.07, 6.45) is 5.91. The number of hydrogen-bond donors (Lipinski definition) is 0. The number of hydrogen-bond acceptors (Lipinski definition) is 6. The predicted molar refractivity (Wildman–Crippen MR) is 110 cm³/mol. The first kappa shape index (κ1) is 25.3. The summed E-state index contributed by atoms with van der Waals surface area (Å²) in [4.78, 5) is 12.7. The fourth-order valence-corrected chi connectivity index (χ4v) is 3.01. The van der Waals surface area contributed by atoms with E-state index in [0.29, 0.717) is 33.0 Å². The fourth-order valence-electron chi connectivity index (χ4n) is 3.01. The van der Waals surface area contributed by atoms with E-state index in [1.807, 2.05) is 0 Å². The van der Waals surface area contributed by atoms with Gasteiger partial charge >= 0.3 is 5.97 Å². The molecule has 28 heavy (non-hydrogen) atoms. The highest BCUT2D eigenvalue weighted by atomic mass is 16.6. The Hall–Kier alpha value is -0.690. The van der Waals surface area contributed by atoms with Gasteiger partial charge in [-0.3, -0.25) is 0 Å². The Morgan fingerprint density at radius 3 is 1.79 bits per heavy atom. The molecule has 0 bridgehead atoms. The quantitative estimate of drug-likeness (QED) is 0.267. The molecule has 0 aromatic heterocycles. The Kier molecular flexibility index (Phi) is 14.6. The van der Waals surface area contributed by atoms with E-state index < -0.39 is 18.3 Å². The summed E-state index contributed by atoms with van der Waals surface area (Å²) in [6, 6.07) is 0. The molecule has 0 radical (unpaired) electrons. The van der Waals surface area contributed by atoms with Crippen LogP contribution in [0.1, 0.15) is 79.1 Å². The first-order valence-electron chi connectivity index (χ1n) is 11.3. The van der Waals surface area contributed by atoms with E-state index in [9.17, 15) is 4.79 Å². The average molecular weight is 403 g/mol. The monoisotopic (exact) mass is 402 g/mol. The molecular formula is C22H42O6. The predicted octanol–water partition coefficient (Wildman–Crippen LogP) is 4.28. The van der Waals surface area contributed by atoms with E-state index >= 15 is 0 Å². The highest BCUT2D eigenvalue weighted by molar-refractivity contribution is 5.77. The van der Waals surface area contributed by atoms with Gasteiger partial charge in [0.15, 0.2) is 12.2 Å². The first-order valence-corrected chi connectivity index (χ1v) is 11.3. The van der Waals surface area contributed by atoms with Gasteiger partial charge in [0.25, 0.3) is 0 Å². The lowest BCUT2D eigenvalue weighted by molar-refractivity contribution is -0.233. The number of ether oxygens (including phenoxy) is 5. The van der Waals surface area contributed by atoms with E-state index in [1.165, 1.54) is 0 Å². The molecule has 0 amide bonds. The molecule has 1 fully saturated rings. The van der Waals surface area contributed by atoms with Gasteiger partial charge in [0.1, 0.15) is 12.2 Å². The Labute approximate surface area is 171 Å². The number of esters is 1. The molecule has 1 aliphatic rings. The number of carbonyl (C=O) groups excluding carboxylic acids is 1.